The summed E-state index contributed by atoms with van der Waals surface area (Å²) in [4.78, 5) is 21.9. The highest BCUT2D eigenvalue weighted by Crippen LogP contribution is 2.21. The topological polar surface area (TPSA) is 92.5 Å². The van der Waals surface area contributed by atoms with Crippen molar-refractivity contribution in [3.8, 4) is 5.75 Å². The first-order valence-electron chi connectivity index (χ1n) is 5.51. The van der Waals surface area contributed by atoms with E-state index in [-0.39, 0.29) is 11.3 Å². The number of anilines is 1. The standard InChI is InChI=1S/C13H9FN2O4/c14-8-1-6-11(12(7-8)16(19)20)13(18)15-9-2-4-10(17)5-3-9/h1-7,17H,(H,15,18). The average molecular weight is 276 g/mol. The molecule has 0 aliphatic rings. The molecule has 2 rings (SSSR count). The van der Waals surface area contributed by atoms with Gasteiger partial charge in [-0.15, -0.1) is 0 Å². The zero-order valence-electron chi connectivity index (χ0n) is 10.0. The molecule has 7 heteroatoms. The van der Waals surface area contributed by atoms with Gasteiger partial charge in [-0.25, -0.2) is 4.39 Å². The Balaban J connectivity index is 2.29. The highest BCUT2D eigenvalue weighted by Gasteiger charge is 2.21. The minimum atomic E-state index is -0.825. The van der Waals surface area contributed by atoms with Crippen LogP contribution in [-0.4, -0.2) is 15.9 Å². The second-order valence-corrected chi connectivity index (χ2v) is 3.92. The van der Waals surface area contributed by atoms with Gasteiger partial charge in [0.25, 0.3) is 11.6 Å². The summed E-state index contributed by atoms with van der Waals surface area (Å²) in [5.41, 5.74) is -0.503. The van der Waals surface area contributed by atoms with Crippen molar-refractivity contribution in [1.29, 1.82) is 0 Å². The minimum absolute atomic E-state index is 0.0239. The molecular formula is C13H9FN2O4. The number of carbonyl (C=O) groups excluding carboxylic acids is 1. The van der Waals surface area contributed by atoms with E-state index in [1.54, 1.807) is 0 Å². The number of hydrogen-bond acceptors (Lipinski definition) is 4. The molecule has 0 radical (unpaired) electrons. The number of hydrogen-bond donors (Lipinski definition) is 2. The first kappa shape index (κ1) is 13.5. The summed E-state index contributed by atoms with van der Waals surface area (Å²) in [5.74, 6) is -1.50. The van der Waals surface area contributed by atoms with Crippen molar-refractivity contribution in [1.82, 2.24) is 0 Å². The maximum atomic E-state index is 13.0. The number of halogens is 1. The molecule has 0 fully saturated rings. The predicted molar refractivity (Wildman–Crippen MR) is 69.1 cm³/mol. The fourth-order valence-electron chi connectivity index (χ4n) is 1.59. The first-order chi connectivity index (χ1) is 9.47. The SMILES string of the molecule is O=C(Nc1ccc(O)cc1)c1ccc(F)cc1[N+](=O)[O-]. The van der Waals surface area contributed by atoms with E-state index >= 15 is 0 Å². The number of benzene rings is 2. The van der Waals surface area contributed by atoms with E-state index < -0.39 is 22.3 Å². The lowest BCUT2D eigenvalue weighted by atomic mass is 10.1. The molecule has 2 aromatic rings. The van der Waals surface area contributed by atoms with E-state index in [1.807, 2.05) is 0 Å². The van der Waals surface area contributed by atoms with Gasteiger partial charge in [0.2, 0.25) is 0 Å². The van der Waals surface area contributed by atoms with Crippen molar-refractivity contribution in [2.75, 3.05) is 5.32 Å². The van der Waals surface area contributed by atoms with Gasteiger partial charge in [-0.3, -0.25) is 14.9 Å². The quantitative estimate of drug-likeness (QED) is 0.512. The minimum Gasteiger partial charge on any atom is -0.508 e. The molecule has 2 aromatic carbocycles. The number of nitrogens with one attached hydrogen (secondary N) is 1. The number of nitro groups is 1. The summed E-state index contributed by atoms with van der Waals surface area (Å²) < 4.78 is 13.0. The molecule has 0 saturated heterocycles. The predicted octanol–water partition coefficient (Wildman–Crippen LogP) is 2.69. The van der Waals surface area contributed by atoms with Crippen LogP contribution in [0.5, 0.6) is 5.75 Å². The molecule has 0 saturated carbocycles. The molecule has 1 amide bonds. The zero-order chi connectivity index (χ0) is 14.7. The maximum absolute atomic E-state index is 13.0. The van der Waals surface area contributed by atoms with Crippen LogP contribution in [0.3, 0.4) is 0 Å². The number of amides is 1. The van der Waals surface area contributed by atoms with E-state index in [0.717, 1.165) is 12.1 Å². The Morgan fingerprint density at radius 2 is 1.85 bits per heavy atom. The van der Waals surface area contributed by atoms with Gasteiger partial charge in [0, 0.05) is 5.69 Å². The third-order valence-corrected chi connectivity index (χ3v) is 2.53. The summed E-state index contributed by atoms with van der Waals surface area (Å²) >= 11 is 0. The van der Waals surface area contributed by atoms with Crippen molar-refractivity contribution in [2.45, 2.75) is 0 Å². The summed E-state index contributed by atoms with van der Waals surface area (Å²) in [6, 6.07) is 8.28. The van der Waals surface area contributed by atoms with Gasteiger partial charge in [-0.05, 0) is 36.4 Å². The van der Waals surface area contributed by atoms with E-state index in [2.05, 4.69) is 5.32 Å². The van der Waals surface area contributed by atoms with Gasteiger partial charge in [0.15, 0.2) is 0 Å². The number of nitro benzene ring substituents is 1. The first-order valence-corrected chi connectivity index (χ1v) is 5.51. The van der Waals surface area contributed by atoms with Gasteiger partial charge in [0.1, 0.15) is 17.1 Å². The summed E-state index contributed by atoms with van der Waals surface area (Å²) in [6.45, 7) is 0. The number of phenolic OH excluding ortho intramolecular Hbond substituents is 1. The summed E-state index contributed by atoms with van der Waals surface area (Å²) in [7, 11) is 0. The lowest BCUT2D eigenvalue weighted by molar-refractivity contribution is -0.385. The number of nitrogens with zero attached hydrogens (tertiary/aromatic N) is 1. The van der Waals surface area contributed by atoms with Crippen LogP contribution in [-0.2, 0) is 0 Å². The molecule has 6 nitrogen and oxygen atoms in total. The monoisotopic (exact) mass is 276 g/mol. The van der Waals surface area contributed by atoms with Crippen LogP contribution in [0.1, 0.15) is 10.4 Å². The molecule has 0 bridgehead atoms. The highest BCUT2D eigenvalue weighted by molar-refractivity contribution is 6.07. The van der Waals surface area contributed by atoms with E-state index in [9.17, 15) is 19.3 Å². The normalized spacial score (nSPS) is 10.1. The Kier molecular flexibility index (Phi) is 3.60. The van der Waals surface area contributed by atoms with Crippen molar-refractivity contribution in [3.63, 3.8) is 0 Å². The molecule has 0 aromatic heterocycles. The lowest BCUT2D eigenvalue weighted by Crippen LogP contribution is -2.14. The number of phenols is 1. The van der Waals surface area contributed by atoms with E-state index in [4.69, 9.17) is 5.11 Å². The van der Waals surface area contributed by atoms with Gasteiger partial charge >= 0.3 is 0 Å². The molecule has 0 unspecified atom stereocenters. The smallest absolute Gasteiger partial charge is 0.285 e. The second kappa shape index (κ2) is 5.35. The molecule has 102 valence electrons. The van der Waals surface area contributed by atoms with Crippen LogP contribution < -0.4 is 5.32 Å². The Morgan fingerprint density at radius 1 is 1.20 bits per heavy atom. The molecule has 2 N–H and O–H groups in total. The summed E-state index contributed by atoms with van der Waals surface area (Å²) in [5, 5.41) is 22.3. The van der Waals surface area contributed by atoms with Crippen molar-refractivity contribution >= 4 is 17.3 Å². The summed E-state index contributed by atoms with van der Waals surface area (Å²) in [6.07, 6.45) is 0. The van der Waals surface area contributed by atoms with E-state index in [0.29, 0.717) is 11.8 Å². The van der Waals surface area contributed by atoms with Crippen LogP contribution in [0, 0.1) is 15.9 Å². The fraction of sp³-hybridized carbons (Fsp3) is 0. The lowest BCUT2D eigenvalue weighted by Gasteiger charge is -2.06. The molecule has 0 aliphatic carbocycles. The number of carbonyl (C=O) groups is 1. The van der Waals surface area contributed by atoms with Gasteiger partial charge in [-0.2, -0.15) is 0 Å². The largest absolute Gasteiger partial charge is 0.508 e. The molecule has 0 spiro atoms. The maximum Gasteiger partial charge on any atom is 0.285 e. The Morgan fingerprint density at radius 3 is 2.45 bits per heavy atom. The Hall–Kier alpha value is -2.96. The van der Waals surface area contributed by atoms with E-state index in [1.165, 1.54) is 24.3 Å². The fourth-order valence-corrected chi connectivity index (χ4v) is 1.59. The molecular weight excluding hydrogens is 267 g/mol. The van der Waals surface area contributed by atoms with Crippen LogP contribution in [0.2, 0.25) is 0 Å². The van der Waals surface area contributed by atoms with Gasteiger partial charge in [0.05, 0.1) is 11.0 Å². The molecule has 20 heavy (non-hydrogen) atoms. The van der Waals surface area contributed by atoms with Gasteiger partial charge < -0.3 is 10.4 Å². The Labute approximate surface area is 112 Å². The van der Waals surface area contributed by atoms with Crippen molar-refractivity contribution in [3.05, 3.63) is 64.0 Å². The highest BCUT2D eigenvalue weighted by atomic mass is 19.1. The average Bonchev–Trinajstić information content (AvgIpc) is 2.41. The van der Waals surface area contributed by atoms with Crippen LogP contribution >= 0.6 is 0 Å². The van der Waals surface area contributed by atoms with Crippen LogP contribution in [0.4, 0.5) is 15.8 Å². The van der Waals surface area contributed by atoms with Gasteiger partial charge in [-0.1, -0.05) is 0 Å². The van der Waals surface area contributed by atoms with Crippen LogP contribution in [0.25, 0.3) is 0 Å². The number of aromatic hydroxyl groups is 1. The second-order valence-electron chi connectivity index (χ2n) is 3.92. The molecule has 0 aliphatic heterocycles. The Bertz CT molecular complexity index is 671. The third kappa shape index (κ3) is 2.89. The molecule has 0 heterocycles. The van der Waals surface area contributed by atoms with Crippen molar-refractivity contribution in [2.24, 2.45) is 0 Å². The van der Waals surface area contributed by atoms with Crippen molar-refractivity contribution < 1.29 is 19.2 Å². The third-order valence-electron chi connectivity index (χ3n) is 2.53. The molecule has 0 atom stereocenters. The zero-order valence-corrected chi connectivity index (χ0v) is 10.0. The number of rotatable bonds is 3. The van der Waals surface area contributed by atoms with Crippen LogP contribution in [0.15, 0.2) is 42.5 Å².